The highest BCUT2D eigenvalue weighted by molar-refractivity contribution is 9.10. The monoisotopic (exact) mass is 575 g/mol. The largest absolute Gasteiger partial charge is 0.490 e. The standard InChI is InChI=1S/C30H30BrN3O4/c1-6-37-27-15-22(13-23(16-32)30(36)34-25-11-10-18(2)12-20(25)4)14-24(31)29(27)38-17-28(35)33-26-9-7-8-19(3)21(26)5/h7-15H,6,17H2,1-5H3,(H,33,35)(H,34,36)/b23-13+. The maximum absolute atomic E-state index is 12.8. The summed E-state index contributed by atoms with van der Waals surface area (Å²) in [6, 6.07) is 16.7. The number of benzene rings is 3. The van der Waals surface area contributed by atoms with Crippen LogP contribution in [0, 0.1) is 39.0 Å². The van der Waals surface area contributed by atoms with E-state index in [1.165, 1.54) is 6.08 Å². The van der Waals surface area contributed by atoms with Crippen molar-refractivity contribution in [2.75, 3.05) is 23.8 Å². The zero-order valence-corrected chi connectivity index (χ0v) is 23.7. The lowest BCUT2D eigenvalue weighted by molar-refractivity contribution is -0.118. The molecule has 2 N–H and O–H groups in total. The number of hydrogen-bond donors (Lipinski definition) is 2. The first-order chi connectivity index (χ1) is 18.1. The van der Waals surface area contributed by atoms with E-state index in [-0.39, 0.29) is 18.1 Å². The van der Waals surface area contributed by atoms with E-state index in [4.69, 9.17) is 9.47 Å². The molecule has 196 valence electrons. The molecule has 0 radical (unpaired) electrons. The molecule has 2 amide bonds. The first-order valence-corrected chi connectivity index (χ1v) is 12.9. The highest BCUT2D eigenvalue weighted by Crippen LogP contribution is 2.37. The second-order valence-electron chi connectivity index (χ2n) is 8.79. The third-order valence-corrected chi connectivity index (χ3v) is 6.45. The number of anilines is 2. The lowest BCUT2D eigenvalue weighted by Crippen LogP contribution is -2.21. The molecule has 0 aliphatic rings. The Bertz CT molecular complexity index is 1440. The number of aryl methyl sites for hydroxylation is 3. The minimum Gasteiger partial charge on any atom is -0.490 e. The number of nitrogens with zero attached hydrogens (tertiary/aromatic N) is 1. The van der Waals surface area contributed by atoms with Gasteiger partial charge in [-0.2, -0.15) is 5.26 Å². The van der Waals surface area contributed by atoms with Gasteiger partial charge in [0.15, 0.2) is 18.1 Å². The van der Waals surface area contributed by atoms with Crippen molar-refractivity contribution in [2.45, 2.75) is 34.6 Å². The average Bonchev–Trinajstić information content (AvgIpc) is 2.86. The van der Waals surface area contributed by atoms with E-state index in [0.717, 1.165) is 27.9 Å². The summed E-state index contributed by atoms with van der Waals surface area (Å²) in [5, 5.41) is 15.3. The van der Waals surface area contributed by atoms with Crippen LogP contribution in [-0.4, -0.2) is 25.0 Å². The molecule has 0 fully saturated rings. The predicted molar refractivity (Wildman–Crippen MR) is 153 cm³/mol. The number of rotatable bonds is 9. The molecule has 7 nitrogen and oxygen atoms in total. The summed E-state index contributed by atoms with van der Waals surface area (Å²) < 4.78 is 12.1. The van der Waals surface area contributed by atoms with Crippen molar-refractivity contribution >= 4 is 45.2 Å². The number of hydrogen-bond acceptors (Lipinski definition) is 5. The maximum atomic E-state index is 12.8. The van der Waals surface area contributed by atoms with Crippen LogP contribution >= 0.6 is 15.9 Å². The minimum absolute atomic E-state index is 0.0686. The third kappa shape index (κ3) is 7.24. The van der Waals surface area contributed by atoms with Crippen molar-refractivity contribution in [3.05, 3.63) is 86.4 Å². The molecule has 0 saturated carbocycles. The molecule has 0 heterocycles. The highest BCUT2D eigenvalue weighted by atomic mass is 79.9. The molecule has 0 spiro atoms. The van der Waals surface area contributed by atoms with Crippen molar-refractivity contribution in [1.29, 1.82) is 5.26 Å². The van der Waals surface area contributed by atoms with Gasteiger partial charge in [0.05, 0.1) is 11.1 Å². The number of carbonyl (C=O) groups excluding carboxylic acids is 2. The Balaban J connectivity index is 1.79. The van der Waals surface area contributed by atoms with Gasteiger partial charge < -0.3 is 20.1 Å². The fraction of sp³-hybridized carbons (Fsp3) is 0.233. The van der Waals surface area contributed by atoms with Gasteiger partial charge in [-0.25, -0.2) is 0 Å². The van der Waals surface area contributed by atoms with Gasteiger partial charge in [-0.1, -0.05) is 29.8 Å². The summed E-state index contributed by atoms with van der Waals surface area (Å²) in [4.78, 5) is 25.4. The number of nitriles is 1. The van der Waals surface area contributed by atoms with Crippen LogP contribution in [0.5, 0.6) is 11.5 Å². The van der Waals surface area contributed by atoms with E-state index in [1.54, 1.807) is 12.1 Å². The van der Waals surface area contributed by atoms with Crippen LogP contribution in [0.4, 0.5) is 11.4 Å². The molecule has 0 atom stereocenters. The third-order valence-electron chi connectivity index (χ3n) is 5.86. The number of ether oxygens (including phenoxy) is 2. The van der Waals surface area contributed by atoms with Gasteiger partial charge in [-0.3, -0.25) is 9.59 Å². The molecule has 0 aromatic heterocycles. The quantitative estimate of drug-likeness (QED) is 0.220. The molecule has 3 rings (SSSR count). The van der Waals surface area contributed by atoms with E-state index >= 15 is 0 Å². The molecular weight excluding hydrogens is 546 g/mol. The molecule has 0 aliphatic heterocycles. The van der Waals surface area contributed by atoms with Gasteiger partial charge >= 0.3 is 0 Å². The summed E-state index contributed by atoms with van der Waals surface area (Å²) >= 11 is 3.48. The van der Waals surface area contributed by atoms with Crippen LogP contribution in [0.15, 0.2) is 58.6 Å². The van der Waals surface area contributed by atoms with Gasteiger partial charge in [-0.15, -0.1) is 0 Å². The normalized spacial score (nSPS) is 10.9. The first kappa shape index (κ1) is 28.5. The molecule has 3 aromatic rings. The Kier molecular flexibility index (Phi) is 9.69. The van der Waals surface area contributed by atoms with Crippen molar-refractivity contribution in [3.8, 4) is 17.6 Å². The molecule has 0 saturated heterocycles. The number of carbonyl (C=O) groups is 2. The van der Waals surface area contributed by atoms with Crippen LogP contribution in [0.25, 0.3) is 6.08 Å². The van der Waals surface area contributed by atoms with Crippen molar-refractivity contribution in [1.82, 2.24) is 0 Å². The molecule has 8 heteroatoms. The van der Waals surface area contributed by atoms with Crippen LogP contribution in [-0.2, 0) is 9.59 Å². The van der Waals surface area contributed by atoms with E-state index in [2.05, 4.69) is 26.6 Å². The Hall–Kier alpha value is -4.09. The smallest absolute Gasteiger partial charge is 0.266 e. The van der Waals surface area contributed by atoms with Crippen LogP contribution in [0.3, 0.4) is 0 Å². The molecule has 0 aliphatic carbocycles. The second-order valence-corrected chi connectivity index (χ2v) is 9.64. The van der Waals surface area contributed by atoms with Crippen molar-refractivity contribution in [2.24, 2.45) is 0 Å². The van der Waals surface area contributed by atoms with Gasteiger partial charge in [0.25, 0.3) is 11.8 Å². The van der Waals surface area contributed by atoms with E-state index in [9.17, 15) is 14.9 Å². The Morgan fingerprint density at radius 3 is 2.42 bits per heavy atom. The molecular formula is C30H30BrN3O4. The predicted octanol–water partition coefficient (Wildman–Crippen LogP) is 6.64. The lowest BCUT2D eigenvalue weighted by atomic mass is 10.1. The number of nitrogens with one attached hydrogen (secondary N) is 2. The van der Waals surface area contributed by atoms with Gasteiger partial charge in [0.2, 0.25) is 0 Å². The van der Waals surface area contributed by atoms with Crippen molar-refractivity contribution in [3.63, 3.8) is 0 Å². The summed E-state index contributed by atoms with van der Waals surface area (Å²) in [6.45, 7) is 9.73. The maximum Gasteiger partial charge on any atom is 0.266 e. The zero-order valence-electron chi connectivity index (χ0n) is 22.1. The fourth-order valence-electron chi connectivity index (χ4n) is 3.74. The van der Waals surface area contributed by atoms with Crippen LogP contribution in [0.1, 0.15) is 34.7 Å². The Morgan fingerprint density at radius 2 is 1.74 bits per heavy atom. The topological polar surface area (TPSA) is 100 Å². The van der Waals surface area contributed by atoms with E-state index < -0.39 is 5.91 Å². The second kappa shape index (κ2) is 12.9. The van der Waals surface area contributed by atoms with Crippen LogP contribution < -0.4 is 20.1 Å². The molecule has 0 unspecified atom stereocenters. The number of amides is 2. The average molecular weight is 576 g/mol. The zero-order chi connectivity index (χ0) is 27.8. The lowest BCUT2D eigenvalue weighted by Gasteiger charge is -2.15. The summed E-state index contributed by atoms with van der Waals surface area (Å²) in [7, 11) is 0. The molecule has 0 bridgehead atoms. The van der Waals surface area contributed by atoms with E-state index in [1.807, 2.05) is 77.1 Å². The Labute approximate surface area is 231 Å². The SMILES string of the molecule is CCOc1cc(/C=C(\C#N)C(=O)Nc2ccc(C)cc2C)cc(Br)c1OCC(=O)Nc1cccc(C)c1C. The van der Waals surface area contributed by atoms with E-state index in [0.29, 0.717) is 33.8 Å². The first-order valence-electron chi connectivity index (χ1n) is 12.1. The van der Waals surface area contributed by atoms with Gasteiger partial charge in [-0.05, 0) is 103 Å². The van der Waals surface area contributed by atoms with Gasteiger partial charge in [0.1, 0.15) is 11.6 Å². The summed E-state index contributed by atoms with van der Waals surface area (Å²) in [5.41, 5.74) is 5.90. The molecule has 3 aromatic carbocycles. The van der Waals surface area contributed by atoms with Gasteiger partial charge in [0, 0.05) is 11.4 Å². The molecule has 38 heavy (non-hydrogen) atoms. The van der Waals surface area contributed by atoms with Crippen molar-refractivity contribution < 1.29 is 19.1 Å². The fourth-order valence-corrected chi connectivity index (χ4v) is 4.32. The van der Waals surface area contributed by atoms with Crippen LogP contribution in [0.2, 0.25) is 0 Å². The Morgan fingerprint density at radius 1 is 0.974 bits per heavy atom. The highest BCUT2D eigenvalue weighted by Gasteiger charge is 2.16. The summed E-state index contributed by atoms with van der Waals surface area (Å²) in [5.74, 6) is -0.109. The summed E-state index contributed by atoms with van der Waals surface area (Å²) in [6.07, 6.45) is 1.48. The minimum atomic E-state index is -0.517. The number of halogens is 1.